The molecule has 7 heteroatoms. The number of methoxy groups -OCH3 is 1. The van der Waals surface area contributed by atoms with Crippen LogP contribution in [-0.4, -0.2) is 55.2 Å². The SMILES string of the molecule is C=C(Oc1cnc(OC)nc1)C(C)=C1C(=C(CC)N2CCC(NC)C(C)C3(CC3)C2)c2cc(C)cc(NC)c2CC1C. The summed E-state index contributed by atoms with van der Waals surface area (Å²) in [5, 5.41) is 7.17. The molecule has 0 bridgehead atoms. The Morgan fingerprint density at radius 1 is 1.17 bits per heavy atom. The molecule has 5 rings (SSSR count). The lowest BCUT2D eigenvalue weighted by atomic mass is 9.73. The lowest BCUT2D eigenvalue weighted by Gasteiger charge is -2.38. The van der Waals surface area contributed by atoms with Crippen LogP contribution in [-0.2, 0) is 6.42 Å². The molecule has 2 aromatic rings. The predicted molar refractivity (Wildman–Crippen MR) is 172 cm³/mol. The number of ether oxygens (including phenoxy) is 2. The van der Waals surface area contributed by atoms with E-state index in [0.29, 0.717) is 40.8 Å². The van der Waals surface area contributed by atoms with Gasteiger partial charge in [-0.3, -0.25) is 0 Å². The Balaban J connectivity index is 1.67. The van der Waals surface area contributed by atoms with Gasteiger partial charge in [0.25, 0.3) is 0 Å². The number of hydrogen-bond acceptors (Lipinski definition) is 7. The van der Waals surface area contributed by atoms with Gasteiger partial charge in [-0.15, -0.1) is 0 Å². The van der Waals surface area contributed by atoms with Crippen molar-refractivity contribution >= 4 is 11.3 Å². The number of allylic oxidation sites excluding steroid dienone is 4. The minimum absolute atomic E-state index is 0.294. The normalized spacial score (nSPS) is 25.3. The van der Waals surface area contributed by atoms with E-state index >= 15 is 0 Å². The molecule has 1 aromatic heterocycles. The fourth-order valence-electron chi connectivity index (χ4n) is 7.51. The summed E-state index contributed by atoms with van der Waals surface area (Å²) in [5.41, 5.74) is 10.9. The number of anilines is 1. The van der Waals surface area contributed by atoms with E-state index in [4.69, 9.17) is 9.47 Å². The summed E-state index contributed by atoms with van der Waals surface area (Å²) in [7, 11) is 5.73. The molecule has 226 valence electrons. The molecule has 1 aromatic carbocycles. The smallest absolute Gasteiger partial charge is 0.316 e. The summed E-state index contributed by atoms with van der Waals surface area (Å²) in [5.74, 6) is 2.14. The molecular weight excluding hydrogens is 522 g/mol. The van der Waals surface area contributed by atoms with Crippen LogP contribution in [0.5, 0.6) is 11.8 Å². The van der Waals surface area contributed by atoms with Crippen molar-refractivity contribution in [2.75, 3.05) is 39.6 Å². The van der Waals surface area contributed by atoms with Gasteiger partial charge in [-0.2, -0.15) is 9.97 Å². The van der Waals surface area contributed by atoms with Crippen LogP contribution >= 0.6 is 0 Å². The van der Waals surface area contributed by atoms with Crippen LogP contribution in [0.25, 0.3) is 5.57 Å². The Morgan fingerprint density at radius 3 is 2.48 bits per heavy atom. The van der Waals surface area contributed by atoms with E-state index in [1.807, 2.05) is 7.05 Å². The fraction of sp³-hybridized carbons (Fsp3) is 0.543. The molecule has 0 radical (unpaired) electrons. The number of aryl methyl sites for hydroxylation is 1. The number of fused-ring (bicyclic) bond motifs is 1. The highest BCUT2D eigenvalue weighted by atomic mass is 16.5. The highest BCUT2D eigenvalue weighted by molar-refractivity contribution is 5.89. The molecule has 1 spiro atoms. The van der Waals surface area contributed by atoms with Gasteiger partial charge in [0, 0.05) is 43.1 Å². The van der Waals surface area contributed by atoms with Gasteiger partial charge in [0.2, 0.25) is 0 Å². The average molecular weight is 572 g/mol. The van der Waals surface area contributed by atoms with Crippen LogP contribution in [0.1, 0.15) is 70.1 Å². The number of likely N-dealkylation sites (tertiary alicyclic amines) is 1. The Labute approximate surface area is 252 Å². The molecule has 3 atom stereocenters. The van der Waals surface area contributed by atoms with Crippen LogP contribution in [0.4, 0.5) is 5.69 Å². The molecule has 2 fully saturated rings. The quantitative estimate of drug-likeness (QED) is 0.339. The maximum absolute atomic E-state index is 6.26. The van der Waals surface area contributed by atoms with Crippen molar-refractivity contribution in [1.29, 1.82) is 0 Å². The van der Waals surface area contributed by atoms with E-state index in [9.17, 15) is 0 Å². The van der Waals surface area contributed by atoms with Crippen LogP contribution < -0.4 is 20.1 Å². The second-order valence-electron chi connectivity index (χ2n) is 12.6. The zero-order chi connectivity index (χ0) is 30.2. The van der Waals surface area contributed by atoms with Crippen molar-refractivity contribution in [1.82, 2.24) is 20.2 Å². The molecule has 3 aliphatic rings. The Morgan fingerprint density at radius 2 is 1.88 bits per heavy atom. The monoisotopic (exact) mass is 571 g/mol. The molecule has 1 aliphatic heterocycles. The summed E-state index contributed by atoms with van der Waals surface area (Å²) in [6.07, 6.45) is 8.99. The predicted octanol–water partition coefficient (Wildman–Crippen LogP) is 6.77. The highest BCUT2D eigenvalue weighted by Crippen LogP contribution is 2.56. The number of hydrogen-bond donors (Lipinski definition) is 2. The molecule has 2 aliphatic carbocycles. The molecule has 0 amide bonds. The van der Waals surface area contributed by atoms with Crippen molar-refractivity contribution in [3.63, 3.8) is 0 Å². The van der Waals surface area contributed by atoms with Gasteiger partial charge in [0.05, 0.1) is 19.5 Å². The lowest BCUT2D eigenvalue weighted by molar-refractivity contribution is 0.232. The maximum Gasteiger partial charge on any atom is 0.316 e. The third kappa shape index (κ3) is 5.56. The minimum atomic E-state index is 0.294. The fourth-order valence-corrected chi connectivity index (χ4v) is 7.51. The first-order valence-corrected chi connectivity index (χ1v) is 15.6. The molecule has 1 saturated carbocycles. The summed E-state index contributed by atoms with van der Waals surface area (Å²) in [4.78, 5) is 11.2. The third-order valence-corrected chi connectivity index (χ3v) is 10.1. The zero-order valence-electron chi connectivity index (χ0n) is 26.9. The Kier molecular flexibility index (Phi) is 8.70. The van der Waals surface area contributed by atoms with E-state index in [0.717, 1.165) is 37.9 Å². The van der Waals surface area contributed by atoms with Gasteiger partial charge in [0.15, 0.2) is 5.75 Å². The van der Waals surface area contributed by atoms with E-state index < -0.39 is 0 Å². The average Bonchev–Trinajstić information content (AvgIpc) is 3.79. The van der Waals surface area contributed by atoms with Gasteiger partial charge in [-0.05, 0) is 104 Å². The lowest BCUT2D eigenvalue weighted by Crippen LogP contribution is -2.37. The van der Waals surface area contributed by atoms with Gasteiger partial charge in [-0.1, -0.05) is 33.4 Å². The number of nitrogens with one attached hydrogen (secondary N) is 2. The summed E-state index contributed by atoms with van der Waals surface area (Å²) in [6, 6.07) is 5.54. The molecular formula is C35H49N5O2. The second-order valence-corrected chi connectivity index (χ2v) is 12.6. The van der Waals surface area contributed by atoms with Gasteiger partial charge in [-0.25, -0.2) is 0 Å². The van der Waals surface area contributed by atoms with Crippen LogP contribution in [0.3, 0.4) is 0 Å². The van der Waals surface area contributed by atoms with Crippen molar-refractivity contribution in [2.24, 2.45) is 17.3 Å². The maximum atomic E-state index is 6.26. The number of aromatic nitrogens is 2. The van der Waals surface area contributed by atoms with Crippen LogP contribution in [0.2, 0.25) is 0 Å². The second kappa shape index (κ2) is 12.1. The number of rotatable bonds is 8. The molecule has 3 unspecified atom stereocenters. The first-order valence-electron chi connectivity index (χ1n) is 15.6. The van der Waals surface area contributed by atoms with Crippen molar-refractivity contribution in [3.8, 4) is 11.8 Å². The Hall–Kier alpha value is -3.32. The third-order valence-electron chi connectivity index (χ3n) is 10.1. The molecule has 2 N–H and O–H groups in total. The molecule has 2 heterocycles. The number of benzene rings is 1. The largest absolute Gasteiger partial charge is 0.467 e. The first kappa shape index (κ1) is 30.1. The van der Waals surface area contributed by atoms with Crippen molar-refractivity contribution < 1.29 is 9.47 Å². The van der Waals surface area contributed by atoms with E-state index in [2.05, 4.69) is 85.9 Å². The van der Waals surface area contributed by atoms with Crippen LogP contribution in [0, 0.1) is 24.2 Å². The van der Waals surface area contributed by atoms with E-state index in [-0.39, 0.29) is 0 Å². The standard InChI is InChI=1S/C35H49N5O2/c1-10-31(40-14-11-29(36-7)24(5)35(20-40)12-13-35)33-28-15-21(2)16-30(37-8)27(28)17-22(3)32(33)23(4)25(6)42-26-18-38-34(41-9)39-19-26/h15-16,18-19,22,24,29,36-37H,6,10-14,17,20H2,1-5,7-9H3. The van der Waals surface area contributed by atoms with Crippen molar-refractivity contribution in [3.05, 3.63) is 70.4 Å². The minimum Gasteiger partial charge on any atom is -0.467 e. The molecule has 1 saturated heterocycles. The Bertz CT molecular complexity index is 1390. The van der Waals surface area contributed by atoms with Gasteiger partial charge in [0.1, 0.15) is 5.76 Å². The molecule has 42 heavy (non-hydrogen) atoms. The van der Waals surface area contributed by atoms with Gasteiger partial charge >= 0.3 is 6.01 Å². The van der Waals surface area contributed by atoms with E-state index in [1.54, 1.807) is 19.5 Å². The molecule has 7 nitrogen and oxygen atoms in total. The zero-order valence-corrected chi connectivity index (χ0v) is 26.9. The van der Waals surface area contributed by atoms with Gasteiger partial charge < -0.3 is 25.0 Å². The first-order chi connectivity index (χ1) is 20.2. The van der Waals surface area contributed by atoms with Crippen molar-refractivity contribution in [2.45, 2.75) is 72.8 Å². The summed E-state index contributed by atoms with van der Waals surface area (Å²) >= 11 is 0. The number of nitrogens with zero attached hydrogens (tertiary/aromatic N) is 3. The topological polar surface area (TPSA) is 71.5 Å². The summed E-state index contributed by atoms with van der Waals surface area (Å²) in [6.45, 7) is 18.1. The van der Waals surface area contributed by atoms with Crippen LogP contribution in [0.15, 0.2) is 53.7 Å². The summed E-state index contributed by atoms with van der Waals surface area (Å²) < 4.78 is 11.4. The highest BCUT2D eigenvalue weighted by Gasteiger charge is 2.52. The van der Waals surface area contributed by atoms with E-state index in [1.165, 1.54) is 52.1 Å².